The maximum Gasteiger partial charge on any atom is 0.243 e. The van der Waals surface area contributed by atoms with E-state index in [9.17, 15) is 9.59 Å². The fraction of sp³-hybridized carbons (Fsp3) is 0.429. The van der Waals surface area contributed by atoms with E-state index < -0.39 is 0 Å². The number of carbonyl (C=O) groups is 2. The standard InChI is InChI=1S/C14H16Cl2N2O3/c15-10-1-2-12(11(16)7-10)18-13(19)8-17-14(20)9-3-5-21-6-4-9/h1-2,7,9H,3-6,8H2,(H,17,20)(H,18,19). The lowest BCUT2D eigenvalue weighted by molar-refractivity contribution is -0.129. The predicted molar refractivity (Wildman–Crippen MR) is 81.6 cm³/mol. The van der Waals surface area contributed by atoms with Crippen molar-refractivity contribution < 1.29 is 14.3 Å². The van der Waals surface area contributed by atoms with Gasteiger partial charge in [-0.3, -0.25) is 9.59 Å². The van der Waals surface area contributed by atoms with E-state index >= 15 is 0 Å². The Morgan fingerprint density at radius 3 is 2.62 bits per heavy atom. The Kier molecular flexibility index (Phi) is 5.85. The first kappa shape index (κ1) is 16.1. The summed E-state index contributed by atoms with van der Waals surface area (Å²) in [5, 5.41) is 6.10. The van der Waals surface area contributed by atoms with Crippen LogP contribution in [0.1, 0.15) is 12.8 Å². The molecule has 1 aromatic carbocycles. The highest BCUT2D eigenvalue weighted by atomic mass is 35.5. The second-order valence-corrected chi connectivity index (χ2v) is 5.62. The van der Waals surface area contributed by atoms with Crippen molar-refractivity contribution in [1.29, 1.82) is 0 Å². The number of rotatable bonds is 4. The molecule has 2 amide bonds. The number of carbonyl (C=O) groups excluding carboxylic acids is 2. The highest BCUT2D eigenvalue weighted by Gasteiger charge is 2.21. The van der Waals surface area contributed by atoms with E-state index in [4.69, 9.17) is 27.9 Å². The number of anilines is 1. The van der Waals surface area contributed by atoms with E-state index in [1.807, 2.05) is 0 Å². The van der Waals surface area contributed by atoms with Crippen LogP contribution in [0.3, 0.4) is 0 Å². The molecule has 21 heavy (non-hydrogen) atoms. The second kappa shape index (κ2) is 7.64. The minimum absolute atomic E-state index is 0.0781. The summed E-state index contributed by atoms with van der Waals surface area (Å²) in [5.41, 5.74) is 0.464. The minimum Gasteiger partial charge on any atom is -0.381 e. The monoisotopic (exact) mass is 330 g/mol. The number of benzene rings is 1. The molecule has 1 fully saturated rings. The van der Waals surface area contributed by atoms with Crippen LogP contribution in [-0.4, -0.2) is 31.6 Å². The highest BCUT2D eigenvalue weighted by Crippen LogP contribution is 2.25. The molecule has 0 aromatic heterocycles. The molecule has 0 atom stereocenters. The van der Waals surface area contributed by atoms with E-state index in [1.54, 1.807) is 18.2 Å². The molecule has 5 nitrogen and oxygen atoms in total. The van der Waals surface area contributed by atoms with E-state index in [2.05, 4.69) is 10.6 Å². The Bertz CT molecular complexity index is 531. The highest BCUT2D eigenvalue weighted by molar-refractivity contribution is 6.36. The van der Waals surface area contributed by atoms with Crippen molar-refractivity contribution in [3.63, 3.8) is 0 Å². The van der Waals surface area contributed by atoms with Gasteiger partial charge < -0.3 is 15.4 Å². The van der Waals surface area contributed by atoms with Crippen LogP contribution in [-0.2, 0) is 14.3 Å². The van der Waals surface area contributed by atoms with Crippen LogP contribution >= 0.6 is 23.2 Å². The molecule has 2 rings (SSSR count). The molecule has 1 aliphatic heterocycles. The van der Waals surface area contributed by atoms with Crippen molar-refractivity contribution >= 4 is 40.7 Å². The number of hydrogen-bond donors (Lipinski definition) is 2. The normalized spacial score (nSPS) is 15.5. The van der Waals surface area contributed by atoms with Gasteiger partial charge in [-0.05, 0) is 31.0 Å². The maximum atomic E-state index is 11.9. The molecule has 1 heterocycles. The average Bonchev–Trinajstić information content (AvgIpc) is 2.48. The van der Waals surface area contributed by atoms with Gasteiger partial charge in [-0.1, -0.05) is 23.2 Å². The molecule has 7 heteroatoms. The molecular weight excluding hydrogens is 315 g/mol. The van der Waals surface area contributed by atoms with Gasteiger partial charge in [0.25, 0.3) is 0 Å². The lowest BCUT2D eigenvalue weighted by Gasteiger charge is -2.21. The van der Waals surface area contributed by atoms with Gasteiger partial charge in [0, 0.05) is 24.2 Å². The van der Waals surface area contributed by atoms with Crippen LogP contribution in [0.2, 0.25) is 10.0 Å². The Labute approximate surface area is 132 Å². The number of ether oxygens (including phenoxy) is 1. The van der Waals surface area contributed by atoms with E-state index in [-0.39, 0.29) is 24.3 Å². The molecule has 2 N–H and O–H groups in total. The van der Waals surface area contributed by atoms with Gasteiger partial charge in [0.2, 0.25) is 11.8 Å². The van der Waals surface area contributed by atoms with Crippen LogP contribution in [0.15, 0.2) is 18.2 Å². The first-order valence-corrected chi connectivity index (χ1v) is 7.42. The van der Waals surface area contributed by atoms with Crippen molar-refractivity contribution in [3.05, 3.63) is 28.2 Å². The largest absolute Gasteiger partial charge is 0.381 e. The smallest absolute Gasteiger partial charge is 0.243 e. The minimum atomic E-state index is -0.334. The Balaban J connectivity index is 1.80. The molecular formula is C14H16Cl2N2O3. The van der Waals surface area contributed by atoms with Crippen molar-refractivity contribution in [2.24, 2.45) is 5.92 Å². The fourth-order valence-electron chi connectivity index (χ4n) is 2.06. The lowest BCUT2D eigenvalue weighted by Crippen LogP contribution is -2.38. The maximum absolute atomic E-state index is 11.9. The Morgan fingerprint density at radius 2 is 1.95 bits per heavy atom. The number of halogens is 2. The summed E-state index contributed by atoms with van der Waals surface area (Å²) in [7, 11) is 0. The van der Waals surface area contributed by atoms with E-state index in [1.165, 1.54) is 0 Å². The van der Waals surface area contributed by atoms with Gasteiger partial charge in [-0.15, -0.1) is 0 Å². The second-order valence-electron chi connectivity index (χ2n) is 4.78. The molecule has 114 valence electrons. The summed E-state index contributed by atoms with van der Waals surface area (Å²) >= 11 is 11.7. The summed E-state index contributed by atoms with van der Waals surface area (Å²) in [6.45, 7) is 1.09. The van der Waals surface area contributed by atoms with E-state index in [0.29, 0.717) is 41.8 Å². The van der Waals surface area contributed by atoms with Gasteiger partial charge in [-0.25, -0.2) is 0 Å². The summed E-state index contributed by atoms with van der Waals surface area (Å²) in [6, 6.07) is 4.78. The zero-order valence-corrected chi connectivity index (χ0v) is 12.8. The first-order valence-electron chi connectivity index (χ1n) is 6.66. The Hall–Kier alpha value is -1.30. The summed E-state index contributed by atoms with van der Waals surface area (Å²) in [5.74, 6) is -0.527. The first-order chi connectivity index (χ1) is 10.1. The van der Waals surface area contributed by atoms with Crippen LogP contribution < -0.4 is 10.6 Å². The molecule has 0 saturated carbocycles. The van der Waals surface area contributed by atoms with Crippen LogP contribution in [0, 0.1) is 5.92 Å². The molecule has 0 bridgehead atoms. The molecule has 0 spiro atoms. The zero-order valence-electron chi connectivity index (χ0n) is 11.3. The number of hydrogen-bond acceptors (Lipinski definition) is 3. The predicted octanol–water partition coefficient (Wildman–Crippen LogP) is 2.47. The third kappa shape index (κ3) is 4.88. The van der Waals surface area contributed by atoms with Crippen molar-refractivity contribution in [1.82, 2.24) is 5.32 Å². The topological polar surface area (TPSA) is 67.4 Å². The van der Waals surface area contributed by atoms with Crippen molar-refractivity contribution in [2.75, 3.05) is 25.1 Å². The lowest BCUT2D eigenvalue weighted by atomic mass is 9.99. The third-order valence-electron chi connectivity index (χ3n) is 3.22. The molecule has 1 aromatic rings. The quantitative estimate of drug-likeness (QED) is 0.891. The van der Waals surface area contributed by atoms with Gasteiger partial charge in [-0.2, -0.15) is 0 Å². The van der Waals surface area contributed by atoms with Gasteiger partial charge in [0.1, 0.15) is 0 Å². The average molecular weight is 331 g/mol. The van der Waals surface area contributed by atoms with E-state index in [0.717, 1.165) is 0 Å². The zero-order chi connectivity index (χ0) is 15.2. The number of nitrogens with one attached hydrogen (secondary N) is 2. The molecule has 0 aliphatic carbocycles. The van der Waals surface area contributed by atoms with Crippen LogP contribution in [0.25, 0.3) is 0 Å². The fourth-order valence-corrected chi connectivity index (χ4v) is 2.51. The Morgan fingerprint density at radius 1 is 1.24 bits per heavy atom. The molecule has 1 aliphatic rings. The summed E-state index contributed by atoms with van der Waals surface area (Å²) in [6.07, 6.45) is 1.38. The van der Waals surface area contributed by atoms with Crippen LogP contribution in [0.5, 0.6) is 0 Å². The molecule has 1 saturated heterocycles. The van der Waals surface area contributed by atoms with Gasteiger partial charge in [0.05, 0.1) is 17.3 Å². The summed E-state index contributed by atoms with van der Waals surface area (Å²) < 4.78 is 5.19. The van der Waals surface area contributed by atoms with Gasteiger partial charge in [0.15, 0.2) is 0 Å². The number of amides is 2. The molecule has 0 radical (unpaired) electrons. The SMILES string of the molecule is O=C(CNC(=O)C1CCOCC1)Nc1ccc(Cl)cc1Cl. The van der Waals surface area contributed by atoms with Crippen LogP contribution in [0.4, 0.5) is 5.69 Å². The summed E-state index contributed by atoms with van der Waals surface area (Å²) in [4.78, 5) is 23.7. The van der Waals surface area contributed by atoms with Gasteiger partial charge >= 0.3 is 0 Å². The third-order valence-corrected chi connectivity index (χ3v) is 3.77. The van der Waals surface area contributed by atoms with Crippen molar-refractivity contribution in [2.45, 2.75) is 12.8 Å². The molecule has 0 unspecified atom stereocenters. The van der Waals surface area contributed by atoms with Crippen molar-refractivity contribution in [3.8, 4) is 0 Å².